The van der Waals surface area contributed by atoms with Crippen molar-refractivity contribution >= 4 is 0 Å². The summed E-state index contributed by atoms with van der Waals surface area (Å²) in [6.07, 6.45) is -12.1. The van der Waals surface area contributed by atoms with E-state index in [0.717, 1.165) is 0 Å². The summed E-state index contributed by atoms with van der Waals surface area (Å²) in [5.74, 6) is -6.38. The van der Waals surface area contributed by atoms with Crippen LogP contribution >= 0.6 is 0 Å². The summed E-state index contributed by atoms with van der Waals surface area (Å²) in [6.45, 7) is 1.19. The summed E-state index contributed by atoms with van der Waals surface area (Å²) in [5, 5.41) is 3.09. The third-order valence-electron chi connectivity index (χ3n) is 1.20. The van der Waals surface area contributed by atoms with E-state index in [9.17, 15) is 30.7 Å². The molecule has 0 heterocycles. The molecule has 0 aliphatic carbocycles. The molecule has 0 aliphatic rings. The molecule has 98 valence electrons. The summed E-state index contributed by atoms with van der Waals surface area (Å²) in [4.78, 5) is 6.32. The predicted molar refractivity (Wildman–Crippen MR) is 34.4 cm³/mol. The number of halogens is 7. The van der Waals surface area contributed by atoms with E-state index < -0.39 is 18.2 Å². The zero-order chi connectivity index (χ0) is 13.0. The van der Waals surface area contributed by atoms with Crippen molar-refractivity contribution in [3.63, 3.8) is 0 Å². The second-order valence-corrected chi connectivity index (χ2v) is 2.56. The van der Waals surface area contributed by atoms with Crippen molar-refractivity contribution in [2.24, 2.45) is 0 Å². The van der Waals surface area contributed by atoms with Crippen molar-refractivity contribution in [1.29, 1.82) is 0 Å². The Morgan fingerprint density at radius 3 is 1.81 bits per heavy atom. The molecule has 0 rings (SSSR count). The molecule has 0 aliphatic heterocycles. The number of alkyl halides is 7. The largest absolute Gasteiger partial charge is 0.462 e. The molecule has 0 aromatic carbocycles. The minimum absolute atomic E-state index is 0.255. The van der Waals surface area contributed by atoms with E-state index in [2.05, 4.69) is 14.8 Å². The van der Waals surface area contributed by atoms with E-state index in [4.69, 9.17) is 0 Å². The van der Waals surface area contributed by atoms with Crippen LogP contribution < -0.4 is 0 Å². The van der Waals surface area contributed by atoms with Gasteiger partial charge in [-0.15, -0.1) is 4.89 Å². The lowest BCUT2D eigenvalue weighted by molar-refractivity contribution is -0.608. The van der Waals surface area contributed by atoms with E-state index in [1.807, 2.05) is 0 Å². The maximum atomic E-state index is 12.2. The Morgan fingerprint density at radius 1 is 0.938 bits per heavy atom. The zero-order valence-electron chi connectivity index (χ0n) is 7.78. The van der Waals surface area contributed by atoms with E-state index in [1.54, 1.807) is 0 Å². The Labute approximate surface area is 84.9 Å². The molecule has 0 N–H and O–H groups in total. The highest BCUT2D eigenvalue weighted by Crippen LogP contribution is 2.46. The fourth-order valence-corrected chi connectivity index (χ4v) is 0.401. The maximum absolute atomic E-state index is 12.2. The van der Waals surface area contributed by atoms with E-state index in [1.165, 1.54) is 6.92 Å². The fraction of sp³-hybridized carbons (Fsp3) is 1.00. The van der Waals surface area contributed by atoms with Crippen LogP contribution in [0, 0.1) is 0 Å². The maximum Gasteiger partial charge on any atom is 0.462 e. The molecule has 0 fully saturated rings. The van der Waals surface area contributed by atoms with Gasteiger partial charge in [-0.05, 0) is 6.42 Å². The van der Waals surface area contributed by atoms with Gasteiger partial charge in [-0.2, -0.15) is 30.7 Å². The van der Waals surface area contributed by atoms with Crippen molar-refractivity contribution < 1.29 is 45.5 Å². The average molecular weight is 260 g/mol. The van der Waals surface area contributed by atoms with Gasteiger partial charge in [0.1, 0.15) is 0 Å². The van der Waals surface area contributed by atoms with Crippen LogP contribution in [0.5, 0.6) is 0 Å². The quantitative estimate of drug-likeness (QED) is 0.318. The smallest absolute Gasteiger partial charge is 0.206 e. The highest BCUT2D eigenvalue weighted by molar-refractivity contribution is 4.83. The monoisotopic (exact) mass is 260 g/mol. The van der Waals surface area contributed by atoms with Gasteiger partial charge in [-0.3, -0.25) is 0 Å². The molecule has 16 heavy (non-hydrogen) atoms. The average Bonchev–Trinajstić information content (AvgIpc) is 2.10. The second kappa shape index (κ2) is 5.15. The van der Waals surface area contributed by atoms with Gasteiger partial charge in [-0.1, -0.05) is 12.0 Å². The molecule has 0 saturated carbocycles. The summed E-state index contributed by atoms with van der Waals surface area (Å²) >= 11 is 0. The molecule has 0 saturated heterocycles. The minimum atomic E-state index is -6.47. The van der Waals surface area contributed by atoms with Crippen molar-refractivity contribution in [3.05, 3.63) is 0 Å². The fourth-order valence-electron chi connectivity index (χ4n) is 0.401. The molecule has 0 spiro atoms. The van der Waals surface area contributed by atoms with Crippen LogP contribution in [0.2, 0.25) is 0 Å². The number of hydrogen-bond acceptors (Lipinski definition) is 3. The first-order valence-corrected chi connectivity index (χ1v) is 3.86. The number of rotatable bonds is 6. The lowest BCUT2D eigenvalue weighted by Gasteiger charge is -2.25. The van der Waals surface area contributed by atoms with Crippen molar-refractivity contribution in [2.45, 2.75) is 31.6 Å². The summed E-state index contributed by atoms with van der Waals surface area (Å²) in [6, 6.07) is 0. The first kappa shape index (κ1) is 15.4. The SMILES string of the molecule is CCCOOOC(F)(F)C(F)(F)C(F)(F)F. The Hall–Kier alpha value is -0.610. The molecule has 0 aromatic rings. The van der Waals surface area contributed by atoms with Crippen LogP contribution in [0.1, 0.15) is 13.3 Å². The van der Waals surface area contributed by atoms with Gasteiger partial charge < -0.3 is 0 Å². The zero-order valence-corrected chi connectivity index (χ0v) is 7.78. The first-order chi connectivity index (χ1) is 7.06. The highest BCUT2D eigenvalue weighted by Gasteiger charge is 2.75. The van der Waals surface area contributed by atoms with Crippen LogP contribution in [0.4, 0.5) is 30.7 Å². The van der Waals surface area contributed by atoms with Gasteiger partial charge in [0.05, 0.1) is 6.61 Å². The molecule has 0 radical (unpaired) electrons. The Morgan fingerprint density at radius 2 is 1.44 bits per heavy atom. The first-order valence-electron chi connectivity index (χ1n) is 3.86. The van der Waals surface area contributed by atoms with Crippen LogP contribution in [-0.2, 0) is 14.8 Å². The second-order valence-electron chi connectivity index (χ2n) is 2.56. The van der Waals surface area contributed by atoms with E-state index in [-0.39, 0.29) is 13.0 Å². The summed E-state index contributed by atoms with van der Waals surface area (Å²) < 4.78 is 83.1. The third kappa shape index (κ3) is 3.46. The van der Waals surface area contributed by atoms with Crippen molar-refractivity contribution in [2.75, 3.05) is 6.61 Å². The number of hydrogen-bond donors (Lipinski definition) is 0. The van der Waals surface area contributed by atoms with Crippen LogP contribution in [0.3, 0.4) is 0 Å². The Balaban J connectivity index is 4.41. The van der Waals surface area contributed by atoms with Crippen molar-refractivity contribution in [3.8, 4) is 0 Å². The standard InChI is InChI=1S/C6H7F7O3/c1-2-3-14-16-15-6(12,13)4(7,8)5(9,10)11/h2-3H2,1H3. The van der Waals surface area contributed by atoms with Crippen LogP contribution in [-0.4, -0.2) is 24.8 Å². The molecule has 3 nitrogen and oxygen atoms in total. The van der Waals surface area contributed by atoms with Gasteiger partial charge >= 0.3 is 18.2 Å². The molecule has 0 atom stereocenters. The lowest BCUT2D eigenvalue weighted by atomic mass is 10.3. The molecule has 10 heteroatoms. The van der Waals surface area contributed by atoms with E-state index in [0.29, 0.717) is 0 Å². The Kier molecular flexibility index (Phi) is 4.95. The van der Waals surface area contributed by atoms with Crippen LogP contribution in [0.25, 0.3) is 0 Å². The van der Waals surface area contributed by atoms with Crippen molar-refractivity contribution in [1.82, 2.24) is 0 Å². The van der Waals surface area contributed by atoms with Gasteiger partial charge in [0.15, 0.2) is 0 Å². The molecule has 0 bridgehead atoms. The highest BCUT2D eigenvalue weighted by atomic mass is 19.4. The van der Waals surface area contributed by atoms with Gasteiger partial charge in [0, 0.05) is 0 Å². The molecule has 0 aromatic heterocycles. The van der Waals surface area contributed by atoms with Gasteiger partial charge in [0.2, 0.25) is 0 Å². The van der Waals surface area contributed by atoms with E-state index >= 15 is 0 Å². The minimum Gasteiger partial charge on any atom is -0.206 e. The molecular weight excluding hydrogens is 253 g/mol. The summed E-state index contributed by atoms with van der Waals surface area (Å²) in [5.41, 5.74) is 0. The molecular formula is C6H7F7O3. The van der Waals surface area contributed by atoms with Gasteiger partial charge in [0.25, 0.3) is 0 Å². The topological polar surface area (TPSA) is 27.7 Å². The summed E-state index contributed by atoms with van der Waals surface area (Å²) in [7, 11) is 0. The van der Waals surface area contributed by atoms with Gasteiger partial charge in [-0.25, -0.2) is 4.89 Å². The van der Waals surface area contributed by atoms with Crippen LogP contribution in [0.15, 0.2) is 0 Å². The predicted octanol–water partition coefficient (Wildman–Crippen LogP) is 3.07. The third-order valence-corrected chi connectivity index (χ3v) is 1.20. The molecule has 0 unspecified atom stereocenters. The lowest BCUT2D eigenvalue weighted by Crippen LogP contribution is -2.53. The Bertz CT molecular complexity index is 215. The molecule has 0 amide bonds. The normalized spacial score (nSPS) is 14.2.